The van der Waals surface area contributed by atoms with Gasteiger partial charge in [-0.05, 0) is 45.7 Å². The van der Waals surface area contributed by atoms with Crippen LogP contribution in [0, 0.1) is 0 Å². The number of nitrogens with one attached hydrogen (secondary N) is 1. The van der Waals surface area contributed by atoms with E-state index in [-0.39, 0.29) is 0 Å². The molecule has 1 saturated heterocycles. The third kappa shape index (κ3) is 7.25. The summed E-state index contributed by atoms with van der Waals surface area (Å²) < 4.78 is 10.5. The molecule has 1 rings (SSSR count). The zero-order valence-electron chi connectivity index (χ0n) is 13.0. The van der Waals surface area contributed by atoms with E-state index < -0.39 is 0 Å². The van der Waals surface area contributed by atoms with Crippen LogP contribution in [0.3, 0.4) is 0 Å². The highest BCUT2D eigenvalue weighted by Gasteiger charge is 2.24. The first kappa shape index (κ1) is 16.9. The van der Waals surface area contributed by atoms with Crippen molar-refractivity contribution in [1.82, 2.24) is 10.2 Å². The second-order valence-electron chi connectivity index (χ2n) is 5.52. The summed E-state index contributed by atoms with van der Waals surface area (Å²) in [4.78, 5) is 2.60. The minimum absolute atomic E-state index is 0.696. The number of methoxy groups -OCH3 is 1. The van der Waals surface area contributed by atoms with Gasteiger partial charge in [-0.25, -0.2) is 0 Å². The van der Waals surface area contributed by atoms with Gasteiger partial charge in [-0.1, -0.05) is 6.92 Å². The molecular formula is C15H32N2O2. The van der Waals surface area contributed by atoms with Gasteiger partial charge in [0, 0.05) is 32.3 Å². The molecule has 1 fully saturated rings. The van der Waals surface area contributed by atoms with Gasteiger partial charge in [0.1, 0.15) is 0 Å². The minimum atomic E-state index is 0.696. The molecule has 0 saturated carbocycles. The lowest BCUT2D eigenvalue weighted by Gasteiger charge is -2.38. The Kier molecular flexibility index (Phi) is 9.43. The van der Waals surface area contributed by atoms with Crippen LogP contribution in [-0.4, -0.2) is 63.5 Å². The molecule has 0 amide bonds. The Morgan fingerprint density at radius 1 is 1.26 bits per heavy atom. The summed E-state index contributed by atoms with van der Waals surface area (Å²) in [5, 5.41) is 3.65. The highest BCUT2D eigenvalue weighted by Crippen LogP contribution is 2.17. The van der Waals surface area contributed by atoms with E-state index in [0.29, 0.717) is 12.6 Å². The molecule has 0 spiro atoms. The average molecular weight is 272 g/mol. The van der Waals surface area contributed by atoms with E-state index >= 15 is 0 Å². The van der Waals surface area contributed by atoms with Crippen LogP contribution in [0.4, 0.5) is 0 Å². The number of rotatable bonds is 10. The van der Waals surface area contributed by atoms with Crippen molar-refractivity contribution in [3.05, 3.63) is 0 Å². The van der Waals surface area contributed by atoms with Crippen LogP contribution in [-0.2, 0) is 9.47 Å². The molecule has 0 aromatic carbocycles. The van der Waals surface area contributed by atoms with Crippen molar-refractivity contribution in [2.24, 2.45) is 0 Å². The third-order valence-electron chi connectivity index (χ3n) is 3.86. The van der Waals surface area contributed by atoms with E-state index in [1.165, 1.54) is 25.8 Å². The SMILES string of the molecule is CCCNC1CCN(CCCOCCOC)C(C)C1. The monoisotopic (exact) mass is 272 g/mol. The Morgan fingerprint density at radius 3 is 2.79 bits per heavy atom. The number of likely N-dealkylation sites (tertiary alicyclic amines) is 1. The summed E-state index contributed by atoms with van der Waals surface area (Å²) in [6, 6.07) is 1.42. The normalized spacial score (nSPS) is 24.8. The predicted molar refractivity (Wildman–Crippen MR) is 79.7 cm³/mol. The molecule has 0 radical (unpaired) electrons. The van der Waals surface area contributed by atoms with Crippen molar-refractivity contribution in [3.63, 3.8) is 0 Å². The molecule has 0 aromatic heterocycles. The molecule has 1 heterocycles. The first-order valence-corrected chi connectivity index (χ1v) is 7.82. The van der Waals surface area contributed by atoms with E-state index in [1.54, 1.807) is 7.11 Å². The number of piperidine rings is 1. The average Bonchev–Trinajstić information content (AvgIpc) is 2.42. The summed E-state index contributed by atoms with van der Waals surface area (Å²) in [6.45, 7) is 10.4. The summed E-state index contributed by atoms with van der Waals surface area (Å²) in [7, 11) is 1.71. The van der Waals surface area contributed by atoms with Crippen molar-refractivity contribution < 1.29 is 9.47 Å². The van der Waals surface area contributed by atoms with Crippen molar-refractivity contribution in [2.75, 3.05) is 46.6 Å². The maximum absolute atomic E-state index is 5.51. The van der Waals surface area contributed by atoms with Crippen LogP contribution < -0.4 is 5.32 Å². The highest BCUT2D eigenvalue weighted by molar-refractivity contribution is 4.82. The highest BCUT2D eigenvalue weighted by atomic mass is 16.5. The molecule has 19 heavy (non-hydrogen) atoms. The third-order valence-corrected chi connectivity index (χ3v) is 3.86. The lowest BCUT2D eigenvalue weighted by atomic mass is 9.98. The first-order valence-electron chi connectivity index (χ1n) is 7.82. The molecular weight excluding hydrogens is 240 g/mol. The van der Waals surface area contributed by atoms with Gasteiger partial charge < -0.3 is 19.7 Å². The molecule has 4 nitrogen and oxygen atoms in total. The standard InChI is InChI=1S/C15H32N2O2/c1-4-7-16-15-6-9-17(14(2)13-15)8-5-10-19-12-11-18-3/h14-16H,4-13H2,1-3H3. The number of nitrogens with zero attached hydrogens (tertiary/aromatic N) is 1. The molecule has 114 valence electrons. The second-order valence-corrected chi connectivity index (χ2v) is 5.52. The first-order chi connectivity index (χ1) is 9.27. The van der Waals surface area contributed by atoms with Crippen LogP contribution in [0.5, 0.6) is 0 Å². The zero-order chi connectivity index (χ0) is 13.9. The molecule has 1 N–H and O–H groups in total. The smallest absolute Gasteiger partial charge is 0.0700 e. The van der Waals surface area contributed by atoms with Crippen LogP contribution >= 0.6 is 0 Å². The lowest BCUT2D eigenvalue weighted by molar-refractivity contribution is 0.0588. The van der Waals surface area contributed by atoms with Crippen molar-refractivity contribution >= 4 is 0 Å². The van der Waals surface area contributed by atoms with E-state index in [1.807, 2.05) is 0 Å². The summed E-state index contributed by atoms with van der Waals surface area (Å²) >= 11 is 0. The van der Waals surface area contributed by atoms with Crippen molar-refractivity contribution in [2.45, 2.75) is 51.6 Å². The molecule has 2 atom stereocenters. The van der Waals surface area contributed by atoms with Crippen LogP contribution in [0.25, 0.3) is 0 Å². The van der Waals surface area contributed by atoms with E-state index in [2.05, 4.69) is 24.1 Å². The molecule has 0 bridgehead atoms. The maximum Gasteiger partial charge on any atom is 0.0700 e. The molecule has 4 heteroatoms. The minimum Gasteiger partial charge on any atom is -0.382 e. The van der Waals surface area contributed by atoms with E-state index in [4.69, 9.17) is 9.47 Å². The Balaban J connectivity index is 2.05. The fraction of sp³-hybridized carbons (Fsp3) is 1.00. The Morgan fingerprint density at radius 2 is 2.11 bits per heavy atom. The van der Waals surface area contributed by atoms with Gasteiger partial charge in [-0.15, -0.1) is 0 Å². The van der Waals surface area contributed by atoms with Crippen molar-refractivity contribution in [1.29, 1.82) is 0 Å². The Labute approximate surface area is 118 Å². The topological polar surface area (TPSA) is 33.7 Å². The van der Waals surface area contributed by atoms with Gasteiger partial charge in [0.2, 0.25) is 0 Å². The van der Waals surface area contributed by atoms with E-state index in [9.17, 15) is 0 Å². The molecule has 0 aromatic rings. The number of ether oxygens (including phenoxy) is 2. The van der Waals surface area contributed by atoms with E-state index in [0.717, 1.165) is 38.8 Å². The quantitative estimate of drug-likeness (QED) is 0.616. The Hall–Kier alpha value is -0.160. The van der Waals surface area contributed by atoms with Crippen molar-refractivity contribution in [3.8, 4) is 0 Å². The van der Waals surface area contributed by atoms with Gasteiger partial charge in [-0.2, -0.15) is 0 Å². The van der Waals surface area contributed by atoms with Gasteiger partial charge >= 0.3 is 0 Å². The van der Waals surface area contributed by atoms with Gasteiger partial charge in [-0.3, -0.25) is 0 Å². The number of hydrogen-bond acceptors (Lipinski definition) is 4. The Bertz CT molecular complexity index is 214. The predicted octanol–water partition coefficient (Wildman–Crippen LogP) is 1.89. The summed E-state index contributed by atoms with van der Waals surface area (Å²) in [5.41, 5.74) is 0. The van der Waals surface area contributed by atoms with Gasteiger partial charge in [0.25, 0.3) is 0 Å². The molecule has 2 unspecified atom stereocenters. The maximum atomic E-state index is 5.51. The lowest BCUT2D eigenvalue weighted by Crippen LogP contribution is -2.47. The van der Waals surface area contributed by atoms with Gasteiger partial charge in [0.05, 0.1) is 13.2 Å². The number of hydrogen-bond donors (Lipinski definition) is 1. The zero-order valence-corrected chi connectivity index (χ0v) is 13.0. The van der Waals surface area contributed by atoms with Crippen LogP contribution in [0.1, 0.15) is 39.5 Å². The second kappa shape index (κ2) is 10.6. The fourth-order valence-corrected chi connectivity index (χ4v) is 2.70. The van der Waals surface area contributed by atoms with Crippen LogP contribution in [0.2, 0.25) is 0 Å². The fourth-order valence-electron chi connectivity index (χ4n) is 2.70. The summed E-state index contributed by atoms with van der Waals surface area (Å²) in [5.74, 6) is 0. The van der Waals surface area contributed by atoms with Crippen LogP contribution in [0.15, 0.2) is 0 Å². The largest absolute Gasteiger partial charge is 0.382 e. The molecule has 0 aliphatic carbocycles. The summed E-state index contributed by atoms with van der Waals surface area (Å²) in [6.07, 6.45) is 4.92. The molecule has 1 aliphatic heterocycles. The van der Waals surface area contributed by atoms with Gasteiger partial charge in [0.15, 0.2) is 0 Å². The molecule has 1 aliphatic rings.